The second-order valence-electron chi connectivity index (χ2n) is 2.59. The second kappa shape index (κ2) is 5.64. The Kier molecular flexibility index (Phi) is 4.15. The molecular weight excluding hydrogens is 198 g/mol. The molecule has 0 heterocycles. The molecule has 0 saturated heterocycles. The van der Waals surface area contributed by atoms with Crippen LogP contribution in [0.5, 0.6) is 11.5 Å². The summed E-state index contributed by atoms with van der Waals surface area (Å²) in [6.45, 7) is -0.0754. The molecule has 0 unspecified atom stereocenters. The minimum Gasteiger partial charge on any atom is -0.493 e. The van der Waals surface area contributed by atoms with Crippen LogP contribution in [0.25, 0.3) is 0 Å². The van der Waals surface area contributed by atoms with Crippen LogP contribution in [0.4, 0.5) is 4.79 Å². The summed E-state index contributed by atoms with van der Waals surface area (Å²) >= 11 is 0. The van der Waals surface area contributed by atoms with Crippen molar-refractivity contribution < 1.29 is 19.1 Å². The molecule has 0 radical (unpaired) electrons. The monoisotopic (exact) mass is 209 g/mol. The Morgan fingerprint density at radius 1 is 1.40 bits per heavy atom. The van der Waals surface area contributed by atoms with Gasteiger partial charge in [-0.05, 0) is 12.1 Å². The van der Waals surface area contributed by atoms with E-state index in [0.717, 1.165) is 0 Å². The first kappa shape index (κ1) is 11.0. The van der Waals surface area contributed by atoms with Crippen molar-refractivity contribution in [2.75, 3.05) is 13.7 Å². The van der Waals surface area contributed by atoms with Gasteiger partial charge in [0, 0.05) is 0 Å². The van der Waals surface area contributed by atoms with Crippen LogP contribution < -0.4 is 14.8 Å². The standard InChI is InChI=1S/C10H11NO4/c1-14-8-4-2-3-5-9(8)15-10(13)11-6-7-12/h2-5,7H,6H2,1H3,(H,11,13). The summed E-state index contributed by atoms with van der Waals surface area (Å²) in [7, 11) is 1.48. The van der Waals surface area contributed by atoms with E-state index in [9.17, 15) is 9.59 Å². The predicted molar refractivity (Wildman–Crippen MR) is 53.1 cm³/mol. The quantitative estimate of drug-likeness (QED) is 0.751. The van der Waals surface area contributed by atoms with Crippen molar-refractivity contribution in [1.29, 1.82) is 0 Å². The number of ether oxygens (including phenoxy) is 2. The zero-order valence-corrected chi connectivity index (χ0v) is 8.23. The molecule has 5 nitrogen and oxygen atoms in total. The highest BCUT2D eigenvalue weighted by Crippen LogP contribution is 2.25. The Hall–Kier alpha value is -2.04. The Morgan fingerprint density at radius 2 is 2.07 bits per heavy atom. The largest absolute Gasteiger partial charge is 0.493 e. The lowest BCUT2D eigenvalue weighted by Crippen LogP contribution is -2.28. The minimum absolute atomic E-state index is 0.0754. The van der Waals surface area contributed by atoms with Crippen LogP contribution in [0.3, 0.4) is 0 Å². The number of rotatable bonds is 4. The fourth-order valence-corrected chi connectivity index (χ4v) is 0.964. The number of benzene rings is 1. The third kappa shape index (κ3) is 3.30. The van der Waals surface area contributed by atoms with E-state index in [2.05, 4.69) is 5.32 Å². The van der Waals surface area contributed by atoms with Gasteiger partial charge < -0.3 is 19.6 Å². The van der Waals surface area contributed by atoms with Crippen molar-refractivity contribution in [3.63, 3.8) is 0 Å². The smallest absolute Gasteiger partial charge is 0.413 e. The molecule has 0 fully saturated rings. The first-order valence-corrected chi connectivity index (χ1v) is 4.30. The molecule has 0 spiro atoms. The molecule has 1 amide bonds. The Morgan fingerprint density at radius 3 is 2.67 bits per heavy atom. The molecule has 0 aliphatic rings. The Balaban J connectivity index is 2.63. The summed E-state index contributed by atoms with van der Waals surface area (Å²) in [5.74, 6) is 0.766. The topological polar surface area (TPSA) is 64.6 Å². The number of nitrogens with one attached hydrogen (secondary N) is 1. The zero-order valence-electron chi connectivity index (χ0n) is 8.23. The van der Waals surface area contributed by atoms with Gasteiger partial charge in [0.05, 0.1) is 13.7 Å². The summed E-state index contributed by atoms with van der Waals surface area (Å²) in [6, 6.07) is 6.74. The molecule has 80 valence electrons. The van der Waals surface area contributed by atoms with Crippen molar-refractivity contribution in [2.24, 2.45) is 0 Å². The molecule has 1 aromatic carbocycles. The van der Waals surface area contributed by atoms with Gasteiger partial charge in [-0.3, -0.25) is 0 Å². The van der Waals surface area contributed by atoms with E-state index in [1.165, 1.54) is 7.11 Å². The van der Waals surface area contributed by atoms with Gasteiger partial charge in [-0.1, -0.05) is 12.1 Å². The maximum atomic E-state index is 11.1. The highest BCUT2D eigenvalue weighted by atomic mass is 16.6. The fourth-order valence-electron chi connectivity index (χ4n) is 0.964. The molecule has 0 saturated carbocycles. The van der Waals surface area contributed by atoms with Crippen LogP contribution in [0.1, 0.15) is 0 Å². The summed E-state index contributed by atoms with van der Waals surface area (Å²) in [4.78, 5) is 21.1. The maximum absolute atomic E-state index is 11.1. The number of carbonyl (C=O) groups excluding carboxylic acids is 2. The Bertz CT molecular complexity index is 351. The lowest BCUT2D eigenvalue weighted by Gasteiger charge is -2.08. The van der Waals surface area contributed by atoms with Crippen LogP contribution in [-0.2, 0) is 4.79 Å². The van der Waals surface area contributed by atoms with Gasteiger partial charge in [0.25, 0.3) is 0 Å². The average Bonchev–Trinajstić information content (AvgIpc) is 2.27. The first-order chi connectivity index (χ1) is 7.27. The highest BCUT2D eigenvalue weighted by molar-refractivity contribution is 5.74. The number of amides is 1. The van der Waals surface area contributed by atoms with Gasteiger partial charge in [-0.2, -0.15) is 0 Å². The summed E-state index contributed by atoms with van der Waals surface area (Å²) < 4.78 is 9.88. The van der Waals surface area contributed by atoms with Gasteiger partial charge in [-0.15, -0.1) is 0 Å². The SMILES string of the molecule is COc1ccccc1OC(=O)NCC=O. The number of aldehydes is 1. The molecule has 0 atom stereocenters. The molecule has 0 aliphatic heterocycles. The van der Waals surface area contributed by atoms with E-state index in [1.54, 1.807) is 24.3 Å². The van der Waals surface area contributed by atoms with Crippen molar-refractivity contribution in [2.45, 2.75) is 0 Å². The molecule has 0 aromatic heterocycles. The van der Waals surface area contributed by atoms with Gasteiger partial charge in [0.15, 0.2) is 11.5 Å². The average molecular weight is 209 g/mol. The van der Waals surface area contributed by atoms with Gasteiger partial charge in [-0.25, -0.2) is 4.79 Å². The highest BCUT2D eigenvalue weighted by Gasteiger charge is 2.07. The minimum atomic E-state index is -0.688. The van der Waals surface area contributed by atoms with Gasteiger partial charge in [0.2, 0.25) is 0 Å². The molecule has 1 rings (SSSR count). The molecule has 5 heteroatoms. The first-order valence-electron chi connectivity index (χ1n) is 4.30. The maximum Gasteiger partial charge on any atom is 0.413 e. The number of hydrogen-bond donors (Lipinski definition) is 1. The third-order valence-electron chi connectivity index (χ3n) is 1.60. The van der Waals surface area contributed by atoms with Crippen LogP contribution in [0.2, 0.25) is 0 Å². The summed E-state index contributed by atoms with van der Waals surface area (Å²) in [5.41, 5.74) is 0. The number of carbonyl (C=O) groups is 2. The molecule has 15 heavy (non-hydrogen) atoms. The number of hydrogen-bond acceptors (Lipinski definition) is 4. The van der Waals surface area contributed by atoms with Gasteiger partial charge >= 0.3 is 6.09 Å². The van der Waals surface area contributed by atoms with E-state index in [4.69, 9.17) is 9.47 Å². The van der Waals surface area contributed by atoms with Crippen LogP contribution in [0.15, 0.2) is 24.3 Å². The molecular formula is C10H11NO4. The van der Waals surface area contributed by atoms with Crippen LogP contribution >= 0.6 is 0 Å². The zero-order chi connectivity index (χ0) is 11.1. The van der Waals surface area contributed by atoms with Crippen molar-refractivity contribution in [3.8, 4) is 11.5 Å². The van der Waals surface area contributed by atoms with E-state index >= 15 is 0 Å². The normalized spacial score (nSPS) is 9.13. The molecule has 1 N–H and O–H groups in total. The second-order valence-corrected chi connectivity index (χ2v) is 2.59. The molecule has 0 aliphatic carbocycles. The number of methoxy groups -OCH3 is 1. The summed E-state index contributed by atoms with van der Waals surface area (Å²) in [6.07, 6.45) is -0.115. The Labute approximate surface area is 87.0 Å². The van der Waals surface area contributed by atoms with Gasteiger partial charge in [0.1, 0.15) is 6.29 Å². The van der Waals surface area contributed by atoms with E-state index in [1.807, 2.05) is 0 Å². The van der Waals surface area contributed by atoms with Crippen molar-refractivity contribution >= 4 is 12.4 Å². The van der Waals surface area contributed by atoms with Crippen molar-refractivity contribution in [1.82, 2.24) is 5.32 Å². The fraction of sp³-hybridized carbons (Fsp3) is 0.200. The van der Waals surface area contributed by atoms with Crippen LogP contribution in [-0.4, -0.2) is 26.0 Å². The lowest BCUT2D eigenvalue weighted by molar-refractivity contribution is -0.107. The van der Waals surface area contributed by atoms with E-state index in [0.29, 0.717) is 17.8 Å². The lowest BCUT2D eigenvalue weighted by atomic mass is 10.3. The van der Waals surface area contributed by atoms with Crippen LogP contribution in [0, 0.1) is 0 Å². The summed E-state index contributed by atoms with van der Waals surface area (Å²) in [5, 5.41) is 2.25. The van der Waals surface area contributed by atoms with Crippen molar-refractivity contribution in [3.05, 3.63) is 24.3 Å². The predicted octanol–water partition coefficient (Wildman–Crippen LogP) is 0.983. The third-order valence-corrected chi connectivity index (χ3v) is 1.60. The van der Waals surface area contributed by atoms with E-state index in [-0.39, 0.29) is 6.54 Å². The molecule has 1 aromatic rings. The molecule has 0 bridgehead atoms. The number of para-hydroxylation sites is 2. The van der Waals surface area contributed by atoms with E-state index < -0.39 is 6.09 Å².